The van der Waals surface area contributed by atoms with Gasteiger partial charge in [-0.1, -0.05) is 5.16 Å². The molecule has 9 heteroatoms. The Morgan fingerprint density at radius 1 is 1.19 bits per heavy atom. The lowest BCUT2D eigenvalue weighted by Crippen LogP contribution is -2.42. The molecule has 0 spiro atoms. The lowest BCUT2D eigenvalue weighted by molar-refractivity contribution is -0.122. The lowest BCUT2D eigenvalue weighted by atomic mass is 10.0. The normalized spacial score (nSPS) is 11.1. The Bertz CT molecular complexity index is 778. The molecule has 26 heavy (non-hydrogen) atoms. The molecule has 0 radical (unpaired) electrons. The molecular formula is C17H22N4O5. The topological polar surface area (TPSA) is 130 Å². The standard InChI is InChI=1S/C17H22N4O5/c1-17(2,16-19-15(14(18)23)26-21-16)20-13(22)6-5-10-7-11(24-3)9-12(8-10)25-4/h7-9H,5-6H2,1-4H3,(H2,18,23)(H,20,22). The Kier molecular flexibility index (Phi) is 5.81. The van der Waals surface area contributed by atoms with Crippen LogP contribution in [0.15, 0.2) is 22.7 Å². The van der Waals surface area contributed by atoms with E-state index < -0.39 is 11.4 Å². The molecule has 0 unspecified atom stereocenters. The summed E-state index contributed by atoms with van der Waals surface area (Å²) >= 11 is 0. The molecule has 1 aromatic carbocycles. The van der Waals surface area contributed by atoms with Crippen LogP contribution in [0.3, 0.4) is 0 Å². The first-order valence-corrected chi connectivity index (χ1v) is 7.92. The number of nitrogens with one attached hydrogen (secondary N) is 1. The minimum Gasteiger partial charge on any atom is -0.497 e. The summed E-state index contributed by atoms with van der Waals surface area (Å²) in [4.78, 5) is 27.2. The van der Waals surface area contributed by atoms with Gasteiger partial charge < -0.3 is 25.0 Å². The van der Waals surface area contributed by atoms with Crippen LogP contribution < -0.4 is 20.5 Å². The van der Waals surface area contributed by atoms with Gasteiger partial charge in [0, 0.05) is 12.5 Å². The van der Waals surface area contributed by atoms with Gasteiger partial charge in [0.1, 0.15) is 11.5 Å². The first-order valence-electron chi connectivity index (χ1n) is 7.92. The number of hydrogen-bond donors (Lipinski definition) is 2. The molecule has 3 N–H and O–H groups in total. The minimum absolute atomic E-state index is 0.169. The van der Waals surface area contributed by atoms with Crippen LogP contribution in [0.25, 0.3) is 0 Å². The Morgan fingerprint density at radius 3 is 2.31 bits per heavy atom. The molecule has 0 fully saturated rings. The number of carbonyl (C=O) groups excluding carboxylic acids is 2. The number of carbonyl (C=O) groups is 2. The third-order valence-electron chi connectivity index (χ3n) is 3.70. The van der Waals surface area contributed by atoms with E-state index in [0.29, 0.717) is 17.9 Å². The molecule has 1 aromatic heterocycles. The summed E-state index contributed by atoms with van der Waals surface area (Å²) in [6, 6.07) is 5.46. The molecule has 140 valence electrons. The van der Waals surface area contributed by atoms with E-state index in [2.05, 4.69) is 15.5 Å². The highest BCUT2D eigenvalue weighted by Gasteiger charge is 2.29. The Hall–Kier alpha value is -3.10. The van der Waals surface area contributed by atoms with Crippen LogP contribution in [0.1, 0.15) is 42.3 Å². The smallest absolute Gasteiger partial charge is 0.315 e. The molecule has 0 bridgehead atoms. The van der Waals surface area contributed by atoms with Crippen molar-refractivity contribution in [2.24, 2.45) is 5.73 Å². The number of primary amides is 1. The number of nitrogens with zero attached hydrogens (tertiary/aromatic N) is 2. The van der Waals surface area contributed by atoms with Crippen molar-refractivity contribution in [1.29, 1.82) is 0 Å². The molecule has 9 nitrogen and oxygen atoms in total. The summed E-state index contributed by atoms with van der Waals surface area (Å²) in [5.74, 6) is 0.158. The average molecular weight is 362 g/mol. The predicted molar refractivity (Wildman–Crippen MR) is 91.9 cm³/mol. The Morgan fingerprint density at radius 2 is 1.81 bits per heavy atom. The number of benzene rings is 1. The molecule has 0 aliphatic carbocycles. The monoisotopic (exact) mass is 362 g/mol. The van der Waals surface area contributed by atoms with Gasteiger partial charge in [-0.25, -0.2) is 0 Å². The average Bonchev–Trinajstić information content (AvgIpc) is 3.10. The van der Waals surface area contributed by atoms with E-state index in [1.165, 1.54) is 0 Å². The van der Waals surface area contributed by atoms with Gasteiger partial charge in [-0.15, -0.1) is 0 Å². The molecule has 0 saturated heterocycles. The fourth-order valence-corrected chi connectivity index (χ4v) is 2.31. The third-order valence-corrected chi connectivity index (χ3v) is 3.70. The van der Waals surface area contributed by atoms with Crippen LogP contribution in [0.2, 0.25) is 0 Å². The molecule has 0 atom stereocenters. The molecular weight excluding hydrogens is 340 g/mol. The minimum atomic E-state index is -0.916. The van der Waals surface area contributed by atoms with Crippen molar-refractivity contribution < 1.29 is 23.6 Å². The van der Waals surface area contributed by atoms with E-state index in [-0.39, 0.29) is 24.0 Å². The van der Waals surface area contributed by atoms with Gasteiger partial charge in [0.05, 0.1) is 19.8 Å². The fourth-order valence-electron chi connectivity index (χ4n) is 2.31. The van der Waals surface area contributed by atoms with Crippen LogP contribution in [-0.4, -0.2) is 36.2 Å². The van der Waals surface area contributed by atoms with Crippen molar-refractivity contribution in [2.45, 2.75) is 32.2 Å². The molecule has 1 heterocycles. The van der Waals surface area contributed by atoms with Crippen LogP contribution in [-0.2, 0) is 16.8 Å². The zero-order valence-electron chi connectivity index (χ0n) is 15.2. The van der Waals surface area contributed by atoms with Crippen LogP contribution in [0.4, 0.5) is 0 Å². The Labute approximate surface area is 150 Å². The predicted octanol–water partition coefficient (Wildman–Crippen LogP) is 1.17. The molecule has 0 saturated carbocycles. The molecule has 0 aliphatic rings. The summed E-state index contributed by atoms with van der Waals surface area (Å²) in [5.41, 5.74) is 5.08. The van der Waals surface area contributed by atoms with Crippen molar-refractivity contribution in [3.05, 3.63) is 35.5 Å². The van der Waals surface area contributed by atoms with E-state index in [9.17, 15) is 9.59 Å². The summed E-state index contributed by atoms with van der Waals surface area (Å²) < 4.78 is 15.2. The van der Waals surface area contributed by atoms with E-state index in [1.807, 2.05) is 12.1 Å². The summed E-state index contributed by atoms with van der Waals surface area (Å²) in [6.07, 6.45) is 0.731. The first-order chi connectivity index (χ1) is 12.2. The SMILES string of the molecule is COc1cc(CCC(=O)NC(C)(C)c2noc(C(N)=O)n2)cc(OC)c1. The van der Waals surface area contributed by atoms with Gasteiger partial charge in [0.2, 0.25) is 5.91 Å². The van der Waals surface area contributed by atoms with Gasteiger partial charge in [-0.05, 0) is 38.0 Å². The van der Waals surface area contributed by atoms with Crippen molar-refractivity contribution in [3.63, 3.8) is 0 Å². The number of amides is 2. The fraction of sp³-hybridized carbons (Fsp3) is 0.412. The van der Waals surface area contributed by atoms with E-state index in [4.69, 9.17) is 19.7 Å². The highest BCUT2D eigenvalue weighted by molar-refractivity contribution is 5.87. The number of ether oxygens (including phenoxy) is 2. The van der Waals surface area contributed by atoms with Crippen LogP contribution >= 0.6 is 0 Å². The number of nitrogens with two attached hydrogens (primary N) is 1. The number of aryl methyl sites for hydroxylation is 1. The number of hydrogen-bond acceptors (Lipinski definition) is 7. The second kappa shape index (κ2) is 7.85. The van der Waals surface area contributed by atoms with Gasteiger partial charge in [-0.2, -0.15) is 4.98 Å². The third kappa shape index (κ3) is 4.71. The van der Waals surface area contributed by atoms with Gasteiger partial charge in [0.25, 0.3) is 0 Å². The highest BCUT2D eigenvalue weighted by atomic mass is 16.5. The van der Waals surface area contributed by atoms with Crippen LogP contribution in [0, 0.1) is 0 Å². The second-order valence-corrected chi connectivity index (χ2v) is 6.18. The van der Waals surface area contributed by atoms with Gasteiger partial charge in [-0.3, -0.25) is 9.59 Å². The summed E-state index contributed by atoms with van der Waals surface area (Å²) in [5, 5.41) is 6.50. The van der Waals surface area contributed by atoms with Crippen molar-refractivity contribution in [3.8, 4) is 11.5 Å². The molecule has 2 aromatic rings. The molecule has 2 rings (SSSR count). The maximum Gasteiger partial charge on any atom is 0.315 e. The van der Waals surface area contributed by atoms with E-state index >= 15 is 0 Å². The maximum absolute atomic E-state index is 12.3. The Balaban J connectivity index is 2.00. The number of rotatable bonds is 8. The van der Waals surface area contributed by atoms with E-state index in [0.717, 1.165) is 5.56 Å². The lowest BCUT2D eigenvalue weighted by Gasteiger charge is -2.22. The van der Waals surface area contributed by atoms with Crippen molar-refractivity contribution in [1.82, 2.24) is 15.5 Å². The quantitative estimate of drug-likeness (QED) is 0.721. The van der Waals surface area contributed by atoms with Crippen LogP contribution in [0.5, 0.6) is 11.5 Å². The van der Waals surface area contributed by atoms with Crippen molar-refractivity contribution >= 4 is 11.8 Å². The molecule has 2 amide bonds. The second-order valence-electron chi connectivity index (χ2n) is 6.18. The van der Waals surface area contributed by atoms with Gasteiger partial charge >= 0.3 is 11.8 Å². The van der Waals surface area contributed by atoms with Gasteiger partial charge in [0.15, 0.2) is 5.82 Å². The highest BCUT2D eigenvalue weighted by Crippen LogP contribution is 2.23. The zero-order valence-corrected chi connectivity index (χ0v) is 15.2. The number of methoxy groups -OCH3 is 2. The van der Waals surface area contributed by atoms with E-state index in [1.54, 1.807) is 34.1 Å². The molecule has 0 aliphatic heterocycles. The zero-order chi connectivity index (χ0) is 19.3. The largest absolute Gasteiger partial charge is 0.497 e. The summed E-state index contributed by atoms with van der Waals surface area (Å²) in [6.45, 7) is 3.41. The number of aromatic nitrogens is 2. The first kappa shape index (κ1) is 19.2. The van der Waals surface area contributed by atoms with Crippen molar-refractivity contribution in [2.75, 3.05) is 14.2 Å². The maximum atomic E-state index is 12.3. The summed E-state index contributed by atoms with van der Waals surface area (Å²) in [7, 11) is 3.14.